The lowest BCUT2D eigenvalue weighted by Gasteiger charge is -2.13. The predicted molar refractivity (Wildman–Crippen MR) is 68.0 cm³/mol. The SMILES string of the molecule is CCCC[C@@H](CO)CCCCCC(C)C. The molecule has 0 rings (SSSR count). The van der Waals surface area contributed by atoms with Crippen LogP contribution >= 0.6 is 0 Å². The molecule has 0 aliphatic carbocycles. The first-order chi connectivity index (χ1) is 7.20. The third-order valence-electron chi connectivity index (χ3n) is 3.12. The molecule has 92 valence electrons. The summed E-state index contributed by atoms with van der Waals surface area (Å²) in [4.78, 5) is 0. The number of hydrogen-bond acceptors (Lipinski definition) is 1. The van der Waals surface area contributed by atoms with Crippen LogP contribution in [-0.4, -0.2) is 11.7 Å². The molecule has 0 fully saturated rings. The molecule has 0 saturated carbocycles. The topological polar surface area (TPSA) is 20.2 Å². The van der Waals surface area contributed by atoms with Gasteiger partial charge in [-0.2, -0.15) is 0 Å². The van der Waals surface area contributed by atoms with Crippen molar-refractivity contribution in [3.05, 3.63) is 0 Å². The maximum atomic E-state index is 9.20. The Hall–Kier alpha value is -0.0400. The molecule has 0 aromatic carbocycles. The molecule has 0 unspecified atom stereocenters. The zero-order valence-electron chi connectivity index (χ0n) is 11.0. The highest BCUT2D eigenvalue weighted by molar-refractivity contribution is 4.58. The minimum absolute atomic E-state index is 0.393. The second kappa shape index (κ2) is 10.5. The Morgan fingerprint density at radius 1 is 0.867 bits per heavy atom. The van der Waals surface area contributed by atoms with Crippen molar-refractivity contribution < 1.29 is 5.11 Å². The first-order valence-electron chi connectivity index (χ1n) is 6.81. The van der Waals surface area contributed by atoms with Gasteiger partial charge in [-0.15, -0.1) is 0 Å². The van der Waals surface area contributed by atoms with Crippen LogP contribution in [0, 0.1) is 11.8 Å². The van der Waals surface area contributed by atoms with E-state index in [1.807, 2.05) is 0 Å². The molecule has 0 saturated heterocycles. The highest BCUT2D eigenvalue weighted by Gasteiger charge is 2.06. The molecule has 0 aliphatic heterocycles. The summed E-state index contributed by atoms with van der Waals surface area (Å²) >= 11 is 0. The van der Waals surface area contributed by atoms with Crippen LogP contribution in [-0.2, 0) is 0 Å². The lowest BCUT2D eigenvalue weighted by atomic mass is 9.95. The Morgan fingerprint density at radius 2 is 1.47 bits per heavy atom. The smallest absolute Gasteiger partial charge is 0.0459 e. The highest BCUT2D eigenvalue weighted by atomic mass is 16.3. The number of hydrogen-bond donors (Lipinski definition) is 1. The van der Waals surface area contributed by atoms with Gasteiger partial charge >= 0.3 is 0 Å². The number of aliphatic hydroxyl groups excluding tert-OH is 1. The van der Waals surface area contributed by atoms with Gasteiger partial charge in [0, 0.05) is 6.61 Å². The Balaban J connectivity index is 3.30. The van der Waals surface area contributed by atoms with Crippen LogP contribution in [0.3, 0.4) is 0 Å². The van der Waals surface area contributed by atoms with Gasteiger partial charge in [-0.25, -0.2) is 0 Å². The molecule has 0 aromatic heterocycles. The van der Waals surface area contributed by atoms with Crippen LogP contribution in [0.2, 0.25) is 0 Å². The van der Waals surface area contributed by atoms with Gasteiger partial charge in [0.1, 0.15) is 0 Å². The molecule has 1 heteroatoms. The Morgan fingerprint density at radius 3 is 2.00 bits per heavy atom. The van der Waals surface area contributed by atoms with E-state index in [9.17, 15) is 5.11 Å². The van der Waals surface area contributed by atoms with Gasteiger partial charge < -0.3 is 5.11 Å². The minimum atomic E-state index is 0.393. The van der Waals surface area contributed by atoms with E-state index in [1.54, 1.807) is 0 Å². The Bertz CT molecular complexity index is 121. The fourth-order valence-corrected chi connectivity index (χ4v) is 1.98. The molecule has 0 heterocycles. The highest BCUT2D eigenvalue weighted by Crippen LogP contribution is 2.17. The maximum Gasteiger partial charge on any atom is 0.0459 e. The third-order valence-corrected chi connectivity index (χ3v) is 3.12. The van der Waals surface area contributed by atoms with Gasteiger partial charge in [0.25, 0.3) is 0 Å². The molecule has 1 nitrogen and oxygen atoms in total. The largest absolute Gasteiger partial charge is 0.396 e. The Labute approximate surface area is 96.3 Å². The van der Waals surface area contributed by atoms with E-state index in [2.05, 4.69) is 20.8 Å². The van der Waals surface area contributed by atoms with Crippen LogP contribution in [0.1, 0.15) is 72.1 Å². The second-order valence-corrected chi connectivity index (χ2v) is 5.22. The fraction of sp³-hybridized carbons (Fsp3) is 1.00. The Kier molecular flexibility index (Phi) is 10.4. The molecular formula is C14H30O. The monoisotopic (exact) mass is 214 g/mol. The van der Waals surface area contributed by atoms with E-state index in [-0.39, 0.29) is 0 Å². The van der Waals surface area contributed by atoms with E-state index in [0.29, 0.717) is 12.5 Å². The maximum absolute atomic E-state index is 9.20. The number of unbranched alkanes of at least 4 members (excludes halogenated alkanes) is 3. The second-order valence-electron chi connectivity index (χ2n) is 5.22. The quantitative estimate of drug-likeness (QED) is 0.535. The van der Waals surface area contributed by atoms with Crippen molar-refractivity contribution in [2.75, 3.05) is 6.61 Å². The van der Waals surface area contributed by atoms with Crippen LogP contribution in [0.4, 0.5) is 0 Å². The van der Waals surface area contributed by atoms with Crippen LogP contribution in [0.25, 0.3) is 0 Å². The molecule has 0 aromatic rings. The zero-order chi connectivity index (χ0) is 11.5. The fourth-order valence-electron chi connectivity index (χ4n) is 1.98. The number of aliphatic hydroxyl groups is 1. The zero-order valence-corrected chi connectivity index (χ0v) is 11.0. The normalized spacial score (nSPS) is 13.4. The van der Waals surface area contributed by atoms with Crippen molar-refractivity contribution in [3.63, 3.8) is 0 Å². The summed E-state index contributed by atoms with van der Waals surface area (Å²) in [6.45, 7) is 7.19. The summed E-state index contributed by atoms with van der Waals surface area (Å²) in [5, 5.41) is 9.20. The first-order valence-corrected chi connectivity index (χ1v) is 6.81. The van der Waals surface area contributed by atoms with E-state index < -0.39 is 0 Å². The standard InChI is InChI=1S/C14H30O/c1-4-5-10-14(12-15)11-8-6-7-9-13(2)3/h13-15H,4-12H2,1-3H3/t14-/m1/s1. The van der Waals surface area contributed by atoms with Crippen LogP contribution < -0.4 is 0 Å². The minimum Gasteiger partial charge on any atom is -0.396 e. The van der Waals surface area contributed by atoms with Gasteiger partial charge in [0.15, 0.2) is 0 Å². The summed E-state index contributed by atoms with van der Waals surface area (Å²) in [6.07, 6.45) is 10.4. The lowest BCUT2D eigenvalue weighted by molar-refractivity contribution is 0.205. The molecule has 0 aliphatic rings. The van der Waals surface area contributed by atoms with Crippen molar-refractivity contribution in [3.8, 4) is 0 Å². The molecule has 0 bridgehead atoms. The van der Waals surface area contributed by atoms with Gasteiger partial charge in [-0.05, 0) is 24.7 Å². The van der Waals surface area contributed by atoms with Crippen molar-refractivity contribution in [1.29, 1.82) is 0 Å². The van der Waals surface area contributed by atoms with E-state index >= 15 is 0 Å². The summed E-state index contributed by atoms with van der Waals surface area (Å²) in [7, 11) is 0. The summed E-state index contributed by atoms with van der Waals surface area (Å²) < 4.78 is 0. The summed E-state index contributed by atoms with van der Waals surface area (Å²) in [5.41, 5.74) is 0. The molecule has 0 spiro atoms. The molecule has 1 N–H and O–H groups in total. The van der Waals surface area contributed by atoms with Gasteiger partial charge in [0.2, 0.25) is 0 Å². The molecule has 0 amide bonds. The number of rotatable bonds is 10. The molecule has 0 radical (unpaired) electrons. The van der Waals surface area contributed by atoms with Crippen molar-refractivity contribution in [2.45, 2.75) is 72.1 Å². The summed E-state index contributed by atoms with van der Waals surface area (Å²) in [6, 6.07) is 0. The lowest BCUT2D eigenvalue weighted by Crippen LogP contribution is -2.05. The van der Waals surface area contributed by atoms with Crippen molar-refractivity contribution >= 4 is 0 Å². The average Bonchev–Trinajstić information content (AvgIpc) is 2.21. The van der Waals surface area contributed by atoms with E-state index in [1.165, 1.54) is 51.4 Å². The third kappa shape index (κ3) is 10.2. The van der Waals surface area contributed by atoms with Gasteiger partial charge in [-0.3, -0.25) is 0 Å². The average molecular weight is 214 g/mol. The van der Waals surface area contributed by atoms with E-state index in [4.69, 9.17) is 0 Å². The van der Waals surface area contributed by atoms with Crippen molar-refractivity contribution in [2.24, 2.45) is 11.8 Å². The van der Waals surface area contributed by atoms with E-state index in [0.717, 1.165) is 5.92 Å². The molecule has 15 heavy (non-hydrogen) atoms. The molecule has 1 atom stereocenters. The van der Waals surface area contributed by atoms with Gasteiger partial charge in [-0.1, -0.05) is 59.3 Å². The predicted octanol–water partition coefficient (Wildman–Crippen LogP) is 4.39. The first kappa shape index (κ1) is 15.0. The van der Waals surface area contributed by atoms with Crippen LogP contribution in [0.15, 0.2) is 0 Å². The van der Waals surface area contributed by atoms with Crippen molar-refractivity contribution in [1.82, 2.24) is 0 Å². The van der Waals surface area contributed by atoms with Gasteiger partial charge in [0.05, 0.1) is 0 Å². The molecular weight excluding hydrogens is 184 g/mol. The van der Waals surface area contributed by atoms with Crippen LogP contribution in [0.5, 0.6) is 0 Å². The summed E-state index contributed by atoms with van der Waals surface area (Å²) in [5.74, 6) is 1.42.